The van der Waals surface area contributed by atoms with Crippen molar-refractivity contribution >= 4 is 21.4 Å². The number of benzene rings is 1. The maximum absolute atomic E-state index is 11.8. The van der Waals surface area contributed by atoms with Gasteiger partial charge < -0.3 is 11.1 Å². The molecule has 0 aliphatic carbocycles. The predicted molar refractivity (Wildman–Crippen MR) is 72.0 cm³/mol. The molecule has 5 nitrogen and oxygen atoms in total. The van der Waals surface area contributed by atoms with Crippen molar-refractivity contribution in [3.8, 4) is 0 Å². The molecule has 0 saturated carbocycles. The van der Waals surface area contributed by atoms with Gasteiger partial charge in [-0.1, -0.05) is 18.2 Å². The molecule has 0 fully saturated rings. The van der Waals surface area contributed by atoms with Crippen LogP contribution in [0.5, 0.6) is 0 Å². The van der Waals surface area contributed by atoms with E-state index in [0.717, 1.165) is 11.8 Å². The number of carbonyl (C=O) groups excluding carboxylic acids is 1. The lowest BCUT2D eigenvalue weighted by atomic mass is 10.1. The highest BCUT2D eigenvalue weighted by molar-refractivity contribution is 7.92. The molecule has 2 unspecified atom stereocenters. The number of nitrogens with one attached hydrogen (secondary N) is 1. The first-order chi connectivity index (χ1) is 8.23. The Hall–Kier alpha value is -1.40. The van der Waals surface area contributed by atoms with Gasteiger partial charge in [0.15, 0.2) is 9.84 Å². The Morgan fingerprint density at radius 2 is 1.83 bits per heavy atom. The second kappa shape index (κ2) is 5.49. The van der Waals surface area contributed by atoms with E-state index in [2.05, 4.69) is 5.32 Å². The van der Waals surface area contributed by atoms with Crippen LogP contribution in [0.15, 0.2) is 24.3 Å². The van der Waals surface area contributed by atoms with E-state index in [-0.39, 0.29) is 6.04 Å². The fraction of sp³-hybridized carbons (Fsp3) is 0.417. The van der Waals surface area contributed by atoms with Gasteiger partial charge in [-0.05, 0) is 25.5 Å². The van der Waals surface area contributed by atoms with Gasteiger partial charge >= 0.3 is 0 Å². The van der Waals surface area contributed by atoms with Crippen molar-refractivity contribution in [3.05, 3.63) is 29.8 Å². The first-order valence-electron chi connectivity index (χ1n) is 5.57. The highest BCUT2D eigenvalue weighted by atomic mass is 32.2. The van der Waals surface area contributed by atoms with Crippen LogP contribution in [-0.4, -0.2) is 25.8 Å². The number of rotatable bonds is 4. The molecule has 1 amide bonds. The highest BCUT2D eigenvalue weighted by Crippen LogP contribution is 2.21. The summed E-state index contributed by atoms with van der Waals surface area (Å²) < 4.78 is 22.6. The number of hydrogen-bond acceptors (Lipinski definition) is 4. The molecule has 18 heavy (non-hydrogen) atoms. The number of nitrogens with two attached hydrogens (primary N) is 1. The zero-order valence-corrected chi connectivity index (χ0v) is 11.5. The van der Waals surface area contributed by atoms with Gasteiger partial charge in [0.25, 0.3) is 0 Å². The average Bonchev–Trinajstić information content (AvgIpc) is 2.27. The van der Waals surface area contributed by atoms with Crippen LogP contribution in [0.3, 0.4) is 0 Å². The number of amides is 1. The van der Waals surface area contributed by atoms with E-state index >= 15 is 0 Å². The zero-order valence-electron chi connectivity index (χ0n) is 10.7. The third-order valence-corrected chi connectivity index (χ3v) is 4.22. The second-order valence-corrected chi connectivity index (χ2v) is 6.70. The van der Waals surface area contributed by atoms with Crippen molar-refractivity contribution in [3.63, 3.8) is 0 Å². The molecule has 1 aromatic rings. The molecular formula is C12H18N2O3S. The van der Waals surface area contributed by atoms with E-state index in [0.29, 0.717) is 5.69 Å². The maximum atomic E-state index is 11.8. The van der Waals surface area contributed by atoms with Crippen molar-refractivity contribution in [2.24, 2.45) is 5.73 Å². The van der Waals surface area contributed by atoms with Crippen LogP contribution in [0.1, 0.15) is 25.5 Å². The lowest BCUT2D eigenvalue weighted by Crippen LogP contribution is -2.32. The van der Waals surface area contributed by atoms with Crippen LogP contribution in [0.25, 0.3) is 0 Å². The van der Waals surface area contributed by atoms with Crippen LogP contribution in [0, 0.1) is 0 Å². The van der Waals surface area contributed by atoms with Crippen LogP contribution in [0.4, 0.5) is 5.69 Å². The molecule has 0 heterocycles. The minimum Gasteiger partial charge on any atom is -0.325 e. The Balaban J connectivity index is 2.96. The average molecular weight is 270 g/mol. The van der Waals surface area contributed by atoms with Gasteiger partial charge in [-0.3, -0.25) is 4.79 Å². The van der Waals surface area contributed by atoms with Crippen molar-refractivity contribution in [2.75, 3.05) is 11.6 Å². The fourth-order valence-electron chi connectivity index (χ4n) is 1.44. The molecule has 1 aromatic carbocycles. The standard InChI is InChI=1S/C12H18N2O3S/c1-8(13)10-6-4-5-7-11(10)14-12(15)9(2)18(3,16)17/h4-9H,13H2,1-3H3,(H,14,15). The molecule has 0 radical (unpaired) electrons. The summed E-state index contributed by atoms with van der Waals surface area (Å²) in [6.07, 6.45) is 1.04. The summed E-state index contributed by atoms with van der Waals surface area (Å²) in [4.78, 5) is 11.8. The first-order valence-corrected chi connectivity index (χ1v) is 7.53. The van der Waals surface area contributed by atoms with Gasteiger partial charge in [0, 0.05) is 18.0 Å². The summed E-state index contributed by atoms with van der Waals surface area (Å²) in [5, 5.41) is 1.52. The Bertz CT molecular complexity index is 538. The van der Waals surface area contributed by atoms with Crippen LogP contribution < -0.4 is 11.1 Å². The monoisotopic (exact) mass is 270 g/mol. The summed E-state index contributed by atoms with van der Waals surface area (Å²) >= 11 is 0. The summed E-state index contributed by atoms with van der Waals surface area (Å²) in [5.41, 5.74) is 7.10. The largest absolute Gasteiger partial charge is 0.325 e. The number of para-hydroxylation sites is 1. The lowest BCUT2D eigenvalue weighted by Gasteiger charge is -2.15. The molecule has 0 bridgehead atoms. The Labute approximate surface area is 107 Å². The van der Waals surface area contributed by atoms with Gasteiger partial charge in [0.05, 0.1) is 0 Å². The van der Waals surface area contributed by atoms with E-state index in [4.69, 9.17) is 5.73 Å². The SMILES string of the molecule is CC(N)c1ccccc1NC(=O)C(C)S(C)(=O)=O. The highest BCUT2D eigenvalue weighted by Gasteiger charge is 2.24. The molecule has 3 N–H and O–H groups in total. The predicted octanol–water partition coefficient (Wildman–Crippen LogP) is 1.08. The number of sulfone groups is 1. The number of carbonyl (C=O) groups is 1. The number of hydrogen-bond donors (Lipinski definition) is 2. The van der Waals surface area contributed by atoms with Crippen LogP contribution >= 0.6 is 0 Å². The van der Waals surface area contributed by atoms with Gasteiger partial charge in [-0.25, -0.2) is 8.42 Å². The normalized spacial score (nSPS) is 14.9. The molecule has 6 heteroatoms. The van der Waals surface area contributed by atoms with Crippen molar-refractivity contribution in [2.45, 2.75) is 25.1 Å². The topological polar surface area (TPSA) is 89.3 Å². The molecule has 1 rings (SSSR count). The van der Waals surface area contributed by atoms with Gasteiger partial charge in [-0.2, -0.15) is 0 Å². The summed E-state index contributed by atoms with van der Waals surface area (Å²) in [6.45, 7) is 3.16. The molecule has 100 valence electrons. The quantitative estimate of drug-likeness (QED) is 0.856. The maximum Gasteiger partial charge on any atom is 0.242 e. The van der Waals surface area contributed by atoms with Crippen molar-refractivity contribution in [1.82, 2.24) is 0 Å². The number of anilines is 1. The first kappa shape index (κ1) is 14.7. The summed E-state index contributed by atoms with van der Waals surface area (Å²) in [5.74, 6) is -0.550. The second-order valence-electron chi connectivity index (χ2n) is 4.34. The zero-order chi connectivity index (χ0) is 13.9. The van der Waals surface area contributed by atoms with Crippen LogP contribution in [0.2, 0.25) is 0 Å². The van der Waals surface area contributed by atoms with E-state index in [1.807, 2.05) is 6.07 Å². The van der Waals surface area contributed by atoms with Crippen LogP contribution in [-0.2, 0) is 14.6 Å². The third-order valence-electron chi connectivity index (χ3n) is 2.72. The minimum atomic E-state index is -3.40. The molecule has 0 aliphatic rings. The lowest BCUT2D eigenvalue weighted by molar-refractivity contribution is -0.115. The van der Waals surface area contributed by atoms with E-state index in [1.165, 1.54) is 6.92 Å². The fourth-order valence-corrected chi connectivity index (χ4v) is 1.88. The summed E-state index contributed by atoms with van der Waals surface area (Å²) in [7, 11) is -3.40. The summed E-state index contributed by atoms with van der Waals surface area (Å²) in [6, 6.07) is 6.83. The molecular weight excluding hydrogens is 252 g/mol. The van der Waals surface area contributed by atoms with E-state index in [1.54, 1.807) is 25.1 Å². The molecule has 0 aromatic heterocycles. The van der Waals surface area contributed by atoms with Crippen molar-refractivity contribution < 1.29 is 13.2 Å². The Morgan fingerprint density at radius 3 is 2.33 bits per heavy atom. The van der Waals surface area contributed by atoms with Gasteiger partial charge in [0.2, 0.25) is 5.91 Å². The van der Waals surface area contributed by atoms with Gasteiger partial charge in [-0.15, -0.1) is 0 Å². The van der Waals surface area contributed by atoms with Gasteiger partial charge in [0.1, 0.15) is 5.25 Å². The van der Waals surface area contributed by atoms with E-state index < -0.39 is 21.0 Å². The third kappa shape index (κ3) is 3.54. The van der Waals surface area contributed by atoms with E-state index in [9.17, 15) is 13.2 Å². The molecule has 0 spiro atoms. The Kier molecular flexibility index (Phi) is 4.48. The molecule has 2 atom stereocenters. The molecule has 0 saturated heterocycles. The molecule has 0 aliphatic heterocycles. The van der Waals surface area contributed by atoms with Crippen molar-refractivity contribution in [1.29, 1.82) is 0 Å². The Morgan fingerprint density at radius 1 is 1.28 bits per heavy atom. The minimum absolute atomic E-state index is 0.241. The smallest absolute Gasteiger partial charge is 0.242 e.